The lowest BCUT2D eigenvalue weighted by atomic mass is 10.1. The minimum Gasteiger partial charge on any atom is -0.338 e. The number of carbonyl (C=O) groups excluding carboxylic acids is 1. The lowest BCUT2D eigenvalue weighted by Gasteiger charge is -2.28. The van der Waals surface area contributed by atoms with Crippen molar-refractivity contribution in [1.29, 1.82) is 0 Å². The second kappa shape index (κ2) is 6.76. The molecule has 0 aliphatic rings. The second-order valence-corrected chi connectivity index (χ2v) is 5.01. The molecule has 2 N–H and O–H groups in total. The van der Waals surface area contributed by atoms with E-state index in [2.05, 4.69) is 0 Å². The SMILES string of the molecule is CCCC(N)C(=O)N(C)C(C)c1ccc(Cl)cc1. The molecule has 0 bridgehead atoms. The third kappa shape index (κ3) is 3.72. The molecule has 0 radical (unpaired) electrons. The summed E-state index contributed by atoms with van der Waals surface area (Å²) in [5.41, 5.74) is 6.91. The highest BCUT2D eigenvalue weighted by atomic mass is 35.5. The van der Waals surface area contributed by atoms with Crippen LogP contribution in [-0.2, 0) is 4.79 Å². The normalized spacial score (nSPS) is 14.1. The molecule has 0 aromatic heterocycles. The first-order chi connectivity index (χ1) is 8.47. The molecule has 0 spiro atoms. The topological polar surface area (TPSA) is 46.3 Å². The summed E-state index contributed by atoms with van der Waals surface area (Å²) in [4.78, 5) is 13.8. The Morgan fingerprint density at radius 1 is 1.39 bits per heavy atom. The van der Waals surface area contributed by atoms with E-state index in [0.717, 1.165) is 18.4 Å². The number of amides is 1. The van der Waals surface area contributed by atoms with Gasteiger partial charge in [0.15, 0.2) is 0 Å². The van der Waals surface area contributed by atoms with Gasteiger partial charge in [-0.25, -0.2) is 0 Å². The molecule has 100 valence electrons. The number of likely N-dealkylation sites (N-methyl/N-ethyl adjacent to an activating group) is 1. The molecule has 1 aromatic carbocycles. The molecule has 1 amide bonds. The summed E-state index contributed by atoms with van der Waals surface area (Å²) >= 11 is 5.85. The summed E-state index contributed by atoms with van der Waals surface area (Å²) in [5.74, 6) is -0.0145. The van der Waals surface area contributed by atoms with E-state index >= 15 is 0 Å². The molecule has 0 heterocycles. The maximum Gasteiger partial charge on any atom is 0.239 e. The van der Waals surface area contributed by atoms with E-state index in [0.29, 0.717) is 5.02 Å². The second-order valence-electron chi connectivity index (χ2n) is 4.57. The molecule has 3 nitrogen and oxygen atoms in total. The number of rotatable bonds is 5. The molecular weight excluding hydrogens is 248 g/mol. The first kappa shape index (κ1) is 15.0. The smallest absolute Gasteiger partial charge is 0.239 e. The summed E-state index contributed by atoms with van der Waals surface area (Å²) in [6.45, 7) is 4.01. The van der Waals surface area contributed by atoms with Gasteiger partial charge in [-0.2, -0.15) is 0 Å². The van der Waals surface area contributed by atoms with Crippen LogP contribution in [0.5, 0.6) is 0 Å². The quantitative estimate of drug-likeness (QED) is 0.892. The van der Waals surface area contributed by atoms with Crippen LogP contribution in [0.2, 0.25) is 5.02 Å². The van der Waals surface area contributed by atoms with Gasteiger partial charge in [-0.3, -0.25) is 4.79 Å². The van der Waals surface area contributed by atoms with Crippen LogP contribution < -0.4 is 5.73 Å². The van der Waals surface area contributed by atoms with E-state index in [1.165, 1.54) is 0 Å². The van der Waals surface area contributed by atoms with Crippen molar-refractivity contribution in [2.24, 2.45) is 5.73 Å². The highest BCUT2D eigenvalue weighted by molar-refractivity contribution is 6.30. The molecule has 0 fully saturated rings. The van der Waals surface area contributed by atoms with Gasteiger partial charge in [0.2, 0.25) is 5.91 Å². The summed E-state index contributed by atoms with van der Waals surface area (Å²) < 4.78 is 0. The predicted molar refractivity (Wildman–Crippen MR) is 75.5 cm³/mol. The number of benzene rings is 1. The first-order valence-electron chi connectivity index (χ1n) is 6.25. The van der Waals surface area contributed by atoms with E-state index in [1.807, 2.05) is 38.1 Å². The van der Waals surface area contributed by atoms with Crippen LogP contribution in [0.15, 0.2) is 24.3 Å². The zero-order valence-corrected chi connectivity index (χ0v) is 11.9. The van der Waals surface area contributed by atoms with Crippen LogP contribution >= 0.6 is 11.6 Å². The molecule has 2 atom stereocenters. The van der Waals surface area contributed by atoms with Crippen LogP contribution in [0, 0.1) is 0 Å². The minimum atomic E-state index is -0.408. The standard InChI is InChI=1S/C14H21ClN2O/c1-4-5-13(16)14(18)17(3)10(2)11-6-8-12(15)9-7-11/h6-10,13H,4-5,16H2,1-3H3. The number of nitrogens with two attached hydrogens (primary N) is 1. The largest absolute Gasteiger partial charge is 0.338 e. The van der Waals surface area contributed by atoms with Crippen LogP contribution in [0.25, 0.3) is 0 Å². The van der Waals surface area contributed by atoms with Crippen molar-refractivity contribution in [2.45, 2.75) is 38.8 Å². The van der Waals surface area contributed by atoms with E-state index in [1.54, 1.807) is 11.9 Å². The van der Waals surface area contributed by atoms with Gasteiger partial charge in [0.05, 0.1) is 12.1 Å². The number of halogens is 1. The number of nitrogens with zero attached hydrogens (tertiary/aromatic N) is 1. The Morgan fingerprint density at radius 3 is 2.44 bits per heavy atom. The zero-order chi connectivity index (χ0) is 13.7. The predicted octanol–water partition coefficient (Wildman–Crippen LogP) is 2.99. The van der Waals surface area contributed by atoms with Crippen molar-refractivity contribution in [3.63, 3.8) is 0 Å². The Morgan fingerprint density at radius 2 is 1.94 bits per heavy atom. The molecule has 2 unspecified atom stereocenters. The number of hydrogen-bond acceptors (Lipinski definition) is 2. The van der Waals surface area contributed by atoms with Crippen LogP contribution in [0.4, 0.5) is 0 Å². The molecule has 0 aliphatic carbocycles. The van der Waals surface area contributed by atoms with Gasteiger partial charge < -0.3 is 10.6 Å². The van der Waals surface area contributed by atoms with Gasteiger partial charge in [0.1, 0.15) is 0 Å². The monoisotopic (exact) mass is 268 g/mol. The van der Waals surface area contributed by atoms with Crippen LogP contribution in [0.3, 0.4) is 0 Å². The lowest BCUT2D eigenvalue weighted by molar-refractivity contribution is -0.133. The Hall–Kier alpha value is -1.06. The Balaban J connectivity index is 2.74. The van der Waals surface area contributed by atoms with Crippen molar-refractivity contribution < 1.29 is 4.79 Å². The van der Waals surface area contributed by atoms with E-state index in [-0.39, 0.29) is 11.9 Å². The average molecular weight is 269 g/mol. The maximum absolute atomic E-state index is 12.1. The Kier molecular flexibility index (Phi) is 5.63. The summed E-state index contributed by atoms with van der Waals surface area (Å²) in [5, 5.41) is 0.697. The van der Waals surface area contributed by atoms with E-state index < -0.39 is 6.04 Å². The maximum atomic E-state index is 12.1. The van der Waals surface area contributed by atoms with Gasteiger partial charge >= 0.3 is 0 Å². The van der Waals surface area contributed by atoms with E-state index in [9.17, 15) is 4.79 Å². The van der Waals surface area contributed by atoms with Crippen molar-refractivity contribution in [3.8, 4) is 0 Å². The average Bonchev–Trinajstić information content (AvgIpc) is 2.37. The number of hydrogen-bond donors (Lipinski definition) is 1. The third-order valence-corrected chi connectivity index (χ3v) is 3.45. The lowest BCUT2D eigenvalue weighted by Crippen LogP contribution is -2.42. The molecule has 0 saturated heterocycles. The summed E-state index contributed by atoms with van der Waals surface area (Å²) in [7, 11) is 1.79. The highest BCUT2D eigenvalue weighted by Crippen LogP contribution is 2.21. The van der Waals surface area contributed by atoms with Crippen LogP contribution in [0.1, 0.15) is 38.3 Å². The van der Waals surface area contributed by atoms with Crippen molar-refractivity contribution in [1.82, 2.24) is 4.90 Å². The first-order valence-corrected chi connectivity index (χ1v) is 6.62. The van der Waals surface area contributed by atoms with Gasteiger partial charge in [-0.05, 0) is 31.0 Å². The molecule has 0 saturated carbocycles. The highest BCUT2D eigenvalue weighted by Gasteiger charge is 2.22. The van der Waals surface area contributed by atoms with Gasteiger partial charge in [-0.1, -0.05) is 37.1 Å². The fraction of sp³-hybridized carbons (Fsp3) is 0.500. The Labute approximate surface area is 114 Å². The van der Waals surface area contributed by atoms with Gasteiger partial charge in [0.25, 0.3) is 0 Å². The fourth-order valence-electron chi connectivity index (χ4n) is 1.85. The Bertz CT molecular complexity index is 391. The molecule has 4 heteroatoms. The minimum absolute atomic E-state index is 0.00215. The van der Waals surface area contributed by atoms with Gasteiger partial charge in [-0.15, -0.1) is 0 Å². The molecular formula is C14H21ClN2O. The van der Waals surface area contributed by atoms with Crippen molar-refractivity contribution in [2.75, 3.05) is 7.05 Å². The van der Waals surface area contributed by atoms with Crippen molar-refractivity contribution in [3.05, 3.63) is 34.9 Å². The molecule has 1 rings (SSSR count). The third-order valence-electron chi connectivity index (χ3n) is 3.20. The fourth-order valence-corrected chi connectivity index (χ4v) is 1.98. The van der Waals surface area contributed by atoms with Crippen LogP contribution in [-0.4, -0.2) is 23.9 Å². The summed E-state index contributed by atoms with van der Waals surface area (Å²) in [6.07, 6.45) is 1.63. The molecule has 0 aliphatic heterocycles. The number of carbonyl (C=O) groups is 1. The van der Waals surface area contributed by atoms with Gasteiger partial charge in [0, 0.05) is 12.1 Å². The van der Waals surface area contributed by atoms with E-state index in [4.69, 9.17) is 17.3 Å². The molecule has 18 heavy (non-hydrogen) atoms. The van der Waals surface area contributed by atoms with Crippen molar-refractivity contribution >= 4 is 17.5 Å². The summed E-state index contributed by atoms with van der Waals surface area (Å²) in [6, 6.07) is 7.12. The molecule has 1 aromatic rings. The zero-order valence-electron chi connectivity index (χ0n) is 11.2.